The summed E-state index contributed by atoms with van der Waals surface area (Å²) in [7, 11) is 1.35. The fourth-order valence-corrected chi connectivity index (χ4v) is 2.92. The largest absolute Gasteiger partial charge is 0.469 e. The number of carbonyl (C=O) groups is 1. The Kier molecular flexibility index (Phi) is 11.3. The number of hydrogen-bond donors (Lipinski definition) is 0. The van der Waals surface area contributed by atoms with Crippen molar-refractivity contribution in [2.45, 2.75) is 45.1 Å². The Hall–Kier alpha value is -2.55. The van der Waals surface area contributed by atoms with E-state index in [-0.39, 0.29) is 5.97 Å². The molecule has 0 spiro atoms. The van der Waals surface area contributed by atoms with Gasteiger partial charge in [0.2, 0.25) is 0 Å². The summed E-state index contributed by atoms with van der Waals surface area (Å²) in [6.07, 6.45) is -5.08. The van der Waals surface area contributed by atoms with E-state index in [1.165, 1.54) is 44.7 Å². The van der Waals surface area contributed by atoms with Crippen LogP contribution in [0.5, 0.6) is 0 Å². The average molecular weight is 463 g/mol. The molecule has 1 heterocycles. The molecule has 0 bridgehead atoms. The van der Waals surface area contributed by atoms with Crippen molar-refractivity contribution in [2.24, 2.45) is 0 Å². The first kappa shape index (κ1) is 27.5. The average Bonchev–Trinajstić information content (AvgIpc) is 2.75. The highest BCUT2D eigenvalue weighted by Gasteiger charge is 2.33. The van der Waals surface area contributed by atoms with Crippen LogP contribution in [0.4, 0.5) is 26.3 Å². The predicted octanol–water partition coefficient (Wildman–Crippen LogP) is 6.58. The number of piperidine rings is 1. The third-order valence-electron chi connectivity index (χ3n) is 4.55. The Morgan fingerprint density at radius 3 is 1.78 bits per heavy atom. The summed E-state index contributed by atoms with van der Waals surface area (Å²) in [5, 5.41) is 0. The van der Waals surface area contributed by atoms with Crippen molar-refractivity contribution in [3.63, 3.8) is 0 Å². The van der Waals surface area contributed by atoms with Crippen LogP contribution in [0, 0.1) is 0 Å². The van der Waals surface area contributed by atoms with Gasteiger partial charge in [-0.1, -0.05) is 55.0 Å². The third-order valence-corrected chi connectivity index (χ3v) is 4.55. The molecule has 3 nitrogen and oxygen atoms in total. The minimum absolute atomic E-state index is 0.245. The van der Waals surface area contributed by atoms with E-state index in [1.807, 2.05) is 0 Å². The number of esters is 1. The van der Waals surface area contributed by atoms with E-state index in [0.717, 1.165) is 38.1 Å². The van der Waals surface area contributed by atoms with Gasteiger partial charge in [-0.25, -0.2) is 0 Å². The van der Waals surface area contributed by atoms with Crippen LogP contribution in [0.2, 0.25) is 0 Å². The number of ether oxygens (including phenoxy) is 1. The number of halogens is 6. The van der Waals surface area contributed by atoms with Crippen molar-refractivity contribution >= 4 is 5.97 Å². The molecule has 1 aliphatic rings. The van der Waals surface area contributed by atoms with Gasteiger partial charge in [0.05, 0.1) is 18.2 Å². The van der Waals surface area contributed by atoms with E-state index in [2.05, 4.69) is 9.64 Å². The quantitative estimate of drug-likeness (QED) is 0.372. The highest BCUT2D eigenvalue weighted by atomic mass is 19.4. The lowest BCUT2D eigenvalue weighted by Gasteiger charge is -2.27. The van der Waals surface area contributed by atoms with E-state index in [1.54, 1.807) is 18.2 Å². The van der Waals surface area contributed by atoms with Gasteiger partial charge in [-0.2, -0.15) is 26.3 Å². The molecule has 2 aromatic rings. The molecule has 2 aromatic carbocycles. The molecular formula is C23H27F6NO2. The van der Waals surface area contributed by atoms with Crippen molar-refractivity contribution in [1.82, 2.24) is 4.90 Å². The van der Waals surface area contributed by atoms with Crippen LogP contribution in [-0.2, 0) is 28.4 Å². The number of carbonyl (C=O) groups excluding carboxylic acids is 1. The maximum Gasteiger partial charge on any atom is 0.416 e. The van der Waals surface area contributed by atoms with Crippen molar-refractivity contribution in [1.29, 1.82) is 0 Å². The van der Waals surface area contributed by atoms with Gasteiger partial charge >= 0.3 is 18.3 Å². The fraction of sp³-hybridized carbons (Fsp3) is 0.435. The highest BCUT2D eigenvalue weighted by Crippen LogP contribution is 2.32. The van der Waals surface area contributed by atoms with E-state index in [4.69, 9.17) is 0 Å². The van der Waals surface area contributed by atoms with Crippen LogP contribution in [0.15, 0.2) is 54.6 Å². The highest BCUT2D eigenvalue weighted by molar-refractivity contribution is 5.65. The first-order chi connectivity index (χ1) is 14.9. The number of methoxy groups -OCH3 is 1. The van der Waals surface area contributed by atoms with Gasteiger partial charge in [-0.05, 0) is 37.6 Å². The van der Waals surface area contributed by atoms with Gasteiger partial charge in [0.1, 0.15) is 0 Å². The minimum atomic E-state index is -4.24. The van der Waals surface area contributed by atoms with Gasteiger partial charge in [0, 0.05) is 13.5 Å². The van der Waals surface area contributed by atoms with E-state index < -0.39 is 23.5 Å². The lowest BCUT2D eigenvalue weighted by molar-refractivity contribution is -0.139. The number of alkyl halides is 6. The number of benzene rings is 2. The number of likely N-dealkylation sites (tertiary alicyclic amines) is 1. The molecule has 0 aliphatic carbocycles. The van der Waals surface area contributed by atoms with Gasteiger partial charge < -0.3 is 4.74 Å². The fourth-order valence-electron chi connectivity index (χ4n) is 2.92. The van der Waals surface area contributed by atoms with Crippen LogP contribution >= 0.6 is 0 Å². The Morgan fingerprint density at radius 1 is 0.844 bits per heavy atom. The van der Waals surface area contributed by atoms with Crippen molar-refractivity contribution < 1.29 is 35.9 Å². The lowest BCUT2D eigenvalue weighted by Crippen LogP contribution is -2.30. The summed E-state index contributed by atoms with van der Waals surface area (Å²) >= 11 is 0. The van der Waals surface area contributed by atoms with E-state index in [9.17, 15) is 31.1 Å². The molecule has 178 valence electrons. The number of hydrogen-bond acceptors (Lipinski definition) is 3. The summed E-state index contributed by atoms with van der Waals surface area (Å²) in [6, 6.07) is 12.2. The summed E-state index contributed by atoms with van der Waals surface area (Å²) < 4.78 is 77.8. The SMILES string of the molecule is COC(C)=O.FC(F)(F)c1ccccc1.FC(F)(F)c1ccccc1CN1CCCCC1. The zero-order valence-corrected chi connectivity index (χ0v) is 18.0. The minimum Gasteiger partial charge on any atom is -0.469 e. The molecule has 0 radical (unpaired) electrons. The normalized spacial score (nSPS) is 14.4. The molecule has 0 N–H and O–H groups in total. The van der Waals surface area contributed by atoms with Gasteiger partial charge in [0.15, 0.2) is 0 Å². The zero-order chi connectivity index (χ0) is 24.2. The van der Waals surface area contributed by atoms with Crippen LogP contribution < -0.4 is 0 Å². The predicted molar refractivity (Wildman–Crippen MR) is 110 cm³/mol. The second-order valence-corrected chi connectivity index (χ2v) is 7.05. The second-order valence-electron chi connectivity index (χ2n) is 7.05. The third kappa shape index (κ3) is 10.7. The number of rotatable bonds is 2. The van der Waals surface area contributed by atoms with Gasteiger partial charge in [0.25, 0.3) is 0 Å². The molecule has 1 saturated heterocycles. The lowest BCUT2D eigenvalue weighted by atomic mass is 10.0. The monoisotopic (exact) mass is 463 g/mol. The Balaban J connectivity index is 0.000000288. The smallest absolute Gasteiger partial charge is 0.416 e. The Labute approximate surface area is 184 Å². The molecule has 1 fully saturated rings. The molecular weight excluding hydrogens is 436 g/mol. The molecule has 9 heteroatoms. The van der Waals surface area contributed by atoms with Crippen LogP contribution in [0.25, 0.3) is 0 Å². The molecule has 0 unspecified atom stereocenters. The molecule has 0 atom stereocenters. The molecule has 0 saturated carbocycles. The second kappa shape index (κ2) is 13.1. The van der Waals surface area contributed by atoms with E-state index in [0.29, 0.717) is 12.1 Å². The van der Waals surface area contributed by atoms with Crippen LogP contribution in [0.1, 0.15) is 42.9 Å². The molecule has 32 heavy (non-hydrogen) atoms. The number of nitrogens with zero attached hydrogens (tertiary/aromatic N) is 1. The standard InChI is InChI=1S/C13H16F3N.C7H5F3.C3H6O2/c14-13(15,16)12-7-3-2-6-11(12)10-17-8-4-1-5-9-17;8-7(9,10)6-4-2-1-3-5-6;1-3(4)5-2/h2-3,6-7H,1,4-5,8-10H2;1-5H;1-2H3. The maximum atomic E-state index is 12.8. The van der Waals surface area contributed by atoms with Crippen molar-refractivity contribution in [3.8, 4) is 0 Å². The zero-order valence-electron chi connectivity index (χ0n) is 18.0. The Morgan fingerprint density at radius 2 is 1.34 bits per heavy atom. The topological polar surface area (TPSA) is 29.5 Å². The molecule has 3 rings (SSSR count). The van der Waals surface area contributed by atoms with Gasteiger partial charge in [-0.3, -0.25) is 9.69 Å². The maximum absolute atomic E-state index is 12.8. The molecule has 0 aromatic heterocycles. The summed E-state index contributed by atoms with van der Waals surface area (Å²) in [5.74, 6) is -0.245. The van der Waals surface area contributed by atoms with Gasteiger partial charge in [-0.15, -0.1) is 0 Å². The first-order valence-electron chi connectivity index (χ1n) is 9.99. The van der Waals surface area contributed by atoms with Crippen molar-refractivity contribution in [2.75, 3.05) is 20.2 Å². The first-order valence-corrected chi connectivity index (χ1v) is 9.99. The Bertz CT molecular complexity index is 800. The summed E-state index contributed by atoms with van der Waals surface area (Å²) in [6.45, 7) is 3.59. The van der Waals surface area contributed by atoms with Crippen LogP contribution in [-0.4, -0.2) is 31.1 Å². The van der Waals surface area contributed by atoms with Crippen molar-refractivity contribution in [3.05, 3.63) is 71.3 Å². The summed E-state index contributed by atoms with van der Waals surface area (Å²) in [5.41, 5.74) is -0.706. The molecule has 0 amide bonds. The molecule has 1 aliphatic heterocycles. The summed E-state index contributed by atoms with van der Waals surface area (Å²) in [4.78, 5) is 11.7. The van der Waals surface area contributed by atoms with Crippen LogP contribution in [0.3, 0.4) is 0 Å². The van der Waals surface area contributed by atoms with E-state index >= 15 is 0 Å².